The summed E-state index contributed by atoms with van der Waals surface area (Å²) < 4.78 is 11.8. The largest absolute Gasteiger partial charge is 0.465 e. The summed E-state index contributed by atoms with van der Waals surface area (Å²) in [5, 5.41) is 0. The van der Waals surface area contributed by atoms with E-state index in [4.69, 9.17) is 9.47 Å². The third kappa shape index (κ3) is 2.51. The lowest BCUT2D eigenvalue weighted by Crippen LogP contribution is -2.35. The molecule has 2 saturated heterocycles. The van der Waals surface area contributed by atoms with Crippen LogP contribution in [0.2, 0.25) is 0 Å². The minimum Gasteiger partial charge on any atom is -0.465 e. The summed E-state index contributed by atoms with van der Waals surface area (Å²) in [5.74, 6) is 5.75. The van der Waals surface area contributed by atoms with Crippen LogP contribution in [0.1, 0.15) is 65.2 Å². The summed E-state index contributed by atoms with van der Waals surface area (Å²) >= 11 is 0. The summed E-state index contributed by atoms with van der Waals surface area (Å²) in [7, 11) is 0. The van der Waals surface area contributed by atoms with Gasteiger partial charge in [0.05, 0.1) is 24.7 Å². The molecular weight excluding hydrogens is 312 g/mol. The number of hydrogen-bond donors (Lipinski definition) is 0. The van der Waals surface area contributed by atoms with Crippen LogP contribution in [0.3, 0.4) is 0 Å². The topological polar surface area (TPSA) is 35.5 Å². The van der Waals surface area contributed by atoms with Crippen LogP contribution < -0.4 is 0 Å². The van der Waals surface area contributed by atoms with E-state index in [9.17, 15) is 4.79 Å². The van der Waals surface area contributed by atoms with Crippen molar-refractivity contribution in [1.82, 2.24) is 0 Å². The van der Waals surface area contributed by atoms with Crippen LogP contribution in [0, 0.1) is 47.3 Å². The van der Waals surface area contributed by atoms with Crippen molar-refractivity contribution < 1.29 is 14.3 Å². The lowest BCUT2D eigenvalue weighted by molar-refractivity contribution is -0.153. The van der Waals surface area contributed by atoms with E-state index in [1.54, 1.807) is 0 Å². The molecular formula is C22H34O3. The highest BCUT2D eigenvalue weighted by Gasteiger charge is 2.61. The van der Waals surface area contributed by atoms with Gasteiger partial charge in [0.25, 0.3) is 0 Å². The zero-order valence-corrected chi connectivity index (χ0v) is 15.9. The molecule has 10 unspecified atom stereocenters. The quantitative estimate of drug-likeness (QED) is 0.690. The second-order valence-electron chi connectivity index (χ2n) is 9.73. The number of ether oxygens (including phenoxy) is 2. The smallest absolute Gasteiger partial charge is 0.309 e. The van der Waals surface area contributed by atoms with E-state index in [-0.39, 0.29) is 11.9 Å². The summed E-state index contributed by atoms with van der Waals surface area (Å²) in [6.07, 6.45) is 10.8. The summed E-state index contributed by atoms with van der Waals surface area (Å²) in [6.45, 7) is 5.33. The van der Waals surface area contributed by atoms with Crippen molar-refractivity contribution in [2.75, 3.05) is 6.61 Å². The van der Waals surface area contributed by atoms with Crippen LogP contribution >= 0.6 is 0 Å². The fourth-order valence-corrected chi connectivity index (χ4v) is 7.88. The third-order valence-corrected chi connectivity index (χ3v) is 8.85. The van der Waals surface area contributed by atoms with Gasteiger partial charge in [-0.2, -0.15) is 0 Å². The Kier molecular flexibility index (Phi) is 4.15. The average molecular weight is 347 g/mol. The molecule has 140 valence electrons. The van der Waals surface area contributed by atoms with Crippen molar-refractivity contribution in [2.45, 2.75) is 77.4 Å². The highest BCUT2D eigenvalue weighted by Crippen LogP contribution is 2.65. The lowest BCUT2D eigenvalue weighted by atomic mass is 9.70. The highest BCUT2D eigenvalue weighted by atomic mass is 16.5. The molecule has 0 spiro atoms. The predicted octanol–water partition coefficient (Wildman–Crippen LogP) is 4.44. The minimum atomic E-state index is 0.128. The normalized spacial score (nSPS) is 52.7. The van der Waals surface area contributed by atoms with Crippen LogP contribution in [0.4, 0.5) is 0 Å². The second kappa shape index (κ2) is 6.25. The van der Waals surface area contributed by atoms with E-state index >= 15 is 0 Å². The molecule has 0 amide bonds. The molecule has 0 aromatic carbocycles. The van der Waals surface area contributed by atoms with Crippen molar-refractivity contribution >= 4 is 5.97 Å². The fraction of sp³-hybridized carbons (Fsp3) is 0.955. The number of carbonyl (C=O) groups is 1. The first-order valence-corrected chi connectivity index (χ1v) is 11.0. The van der Waals surface area contributed by atoms with E-state index in [1.807, 2.05) is 0 Å². The number of fused-ring (bicyclic) bond motifs is 7. The van der Waals surface area contributed by atoms with E-state index in [0.717, 1.165) is 42.4 Å². The molecule has 4 bridgehead atoms. The Morgan fingerprint density at radius 2 is 1.76 bits per heavy atom. The number of hydrogen-bond acceptors (Lipinski definition) is 3. The Balaban J connectivity index is 1.22. The fourth-order valence-electron chi connectivity index (χ4n) is 7.88. The van der Waals surface area contributed by atoms with Crippen LogP contribution in [-0.4, -0.2) is 24.8 Å². The highest BCUT2D eigenvalue weighted by molar-refractivity contribution is 5.73. The number of carbonyl (C=O) groups excluding carboxylic acids is 1. The van der Waals surface area contributed by atoms with Crippen LogP contribution in [0.5, 0.6) is 0 Å². The zero-order valence-electron chi connectivity index (χ0n) is 15.9. The first kappa shape index (κ1) is 16.6. The molecule has 0 aromatic heterocycles. The first-order valence-electron chi connectivity index (χ1n) is 11.0. The molecule has 3 heteroatoms. The van der Waals surface area contributed by atoms with E-state index < -0.39 is 0 Å². The van der Waals surface area contributed by atoms with Gasteiger partial charge in [0.1, 0.15) is 0 Å². The van der Waals surface area contributed by atoms with Crippen molar-refractivity contribution in [3.05, 3.63) is 0 Å². The van der Waals surface area contributed by atoms with Crippen LogP contribution in [-0.2, 0) is 14.3 Å². The van der Waals surface area contributed by atoms with Gasteiger partial charge in [-0.3, -0.25) is 4.79 Å². The molecule has 2 heterocycles. The number of rotatable bonds is 5. The third-order valence-electron chi connectivity index (χ3n) is 8.85. The molecule has 5 fully saturated rings. The standard InChI is InChI=1S/C22H34O3/c1-3-12-7-13(4-2)21-17-9-14(20(12)21)10-18(17)22(23)24-11-15-8-16-5-6-19(15)25-16/h12-21H,3-11H2,1-2H3. The Morgan fingerprint density at radius 1 is 0.960 bits per heavy atom. The van der Waals surface area contributed by atoms with Gasteiger partial charge >= 0.3 is 5.97 Å². The van der Waals surface area contributed by atoms with Gasteiger partial charge in [0.15, 0.2) is 0 Å². The van der Waals surface area contributed by atoms with Gasteiger partial charge in [0, 0.05) is 5.92 Å². The van der Waals surface area contributed by atoms with E-state index in [0.29, 0.717) is 30.7 Å². The molecule has 5 rings (SSSR count). The molecule has 3 nitrogen and oxygen atoms in total. The van der Waals surface area contributed by atoms with Gasteiger partial charge in [-0.05, 0) is 74.0 Å². The maximum atomic E-state index is 12.9. The Hall–Kier alpha value is -0.570. The van der Waals surface area contributed by atoms with Crippen LogP contribution in [0.15, 0.2) is 0 Å². The average Bonchev–Trinajstić information content (AvgIpc) is 3.42. The molecule has 25 heavy (non-hydrogen) atoms. The molecule has 5 aliphatic rings. The van der Waals surface area contributed by atoms with E-state index in [1.165, 1.54) is 38.5 Å². The molecule has 0 N–H and O–H groups in total. The lowest BCUT2D eigenvalue weighted by Gasteiger charge is -2.35. The molecule has 10 atom stereocenters. The zero-order chi connectivity index (χ0) is 17.1. The maximum absolute atomic E-state index is 12.9. The minimum absolute atomic E-state index is 0.128. The van der Waals surface area contributed by atoms with Crippen LogP contribution in [0.25, 0.3) is 0 Å². The monoisotopic (exact) mass is 346 g/mol. The van der Waals surface area contributed by atoms with E-state index in [2.05, 4.69) is 13.8 Å². The van der Waals surface area contributed by atoms with Gasteiger partial charge in [-0.1, -0.05) is 26.7 Å². The SMILES string of the molecule is CCC1CC(CC)C2C3CC(CC3C(=O)OCC3CC4CCC3O4)C12. The Labute approximate surface area is 152 Å². The molecule has 2 aliphatic heterocycles. The van der Waals surface area contributed by atoms with Gasteiger partial charge in [-0.25, -0.2) is 0 Å². The first-order chi connectivity index (χ1) is 12.2. The van der Waals surface area contributed by atoms with Gasteiger partial charge in [-0.15, -0.1) is 0 Å². The van der Waals surface area contributed by atoms with Crippen molar-refractivity contribution in [3.63, 3.8) is 0 Å². The summed E-state index contributed by atoms with van der Waals surface area (Å²) in [5.41, 5.74) is 0. The van der Waals surface area contributed by atoms with Gasteiger partial charge < -0.3 is 9.47 Å². The van der Waals surface area contributed by atoms with Crippen molar-refractivity contribution in [1.29, 1.82) is 0 Å². The second-order valence-corrected chi connectivity index (χ2v) is 9.73. The molecule has 0 radical (unpaired) electrons. The molecule has 3 aliphatic carbocycles. The van der Waals surface area contributed by atoms with Crippen molar-refractivity contribution in [3.8, 4) is 0 Å². The Bertz CT molecular complexity index is 531. The predicted molar refractivity (Wildman–Crippen MR) is 95.8 cm³/mol. The molecule has 3 saturated carbocycles. The summed E-state index contributed by atoms with van der Waals surface area (Å²) in [4.78, 5) is 12.9. The number of esters is 1. The van der Waals surface area contributed by atoms with Crippen molar-refractivity contribution in [2.24, 2.45) is 47.3 Å². The Morgan fingerprint density at radius 3 is 2.44 bits per heavy atom. The van der Waals surface area contributed by atoms with Gasteiger partial charge in [0.2, 0.25) is 0 Å². The maximum Gasteiger partial charge on any atom is 0.309 e. The molecule has 0 aromatic rings. The summed E-state index contributed by atoms with van der Waals surface area (Å²) in [6, 6.07) is 0.